The third kappa shape index (κ3) is 2.38. The zero-order valence-corrected chi connectivity index (χ0v) is 15.3. The van der Waals surface area contributed by atoms with E-state index in [4.69, 9.17) is 0 Å². The highest BCUT2D eigenvalue weighted by Gasteiger charge is 2.13. The molecule has 0 amide bonds. The smallest absolute Gasteiger partial charge is 0.0361 e. The van der Waals surface area contributed by atoms with Crippen molar-refractivity contribution >= 4 is 43.2 Å². The minimum absolute atomic E-state index is 1.17. The number of anilines is 1. The average Bonchev–Trinajstić information content (AvgIpc) is 2.62. The fraction of sp³-hybridized carbons (Fsp3) is 0.0909. The van der Waals surface area contributed by atoms with E-state index in [0.717, 1.165) is 0 Å². The zero-order valence-electron chi connectivity index (χ0n) is 13.8. The number of rotatable bonds is 2. The topological polar surface area (TPSA) is 3.24 Å². The van der Waals surface area contributed by atoms with Crippen LogP contribution in [0.5, 0.6) is 0 Å². The fourth-order valence-corrected chi connectivity index (χ4v) is 4.00. The van der Waals surface area contributed by atoms with Crippen LogP contribution in [0.2, 0.25) is 0 Å². The maximum Gasteiger partial charge on any atom is 0.0361 e. The van der Waals surface area contributed by atoms with Crippen molar-refractivity contribution in [3.05, 3.63) is 77.3 Å². The van der Waals surface area contributed by atoms with E-state index in [9.17, 15) is 0 Å². The Kier molecular flexibility index (Phi) is 3.78. The van der Waals surface area contributed by atoms with Crippen LogP contribution in [0.3, 0.4) is 0 Å². The van der Waals surface area contributed by atoms with E-state index in [-0.39, 0.29) is 0 Å². The molecule has 4 aromatic rings. The molecule has 0 aliphatic heterocycles. The monoisotopic (exact) mass is 375 g/mol. The van der Waals surface area contributed by atoms with Crippen LogP contribution in [0.25, 0.3) is 32.7 Å². The molecule has 0 unspecified atom stereocenters. The molecule has 0 radical (unpaired) electrons. The maximum absolute atomic E-state index is 3.81. The zero-order chi connectivity index (χ0) is 16.7. The molecule has 0 aromatic heterocycles. The molecule has 1 nitrogen and oxygen atoms in total. The summed E-state index contributed by atoms with van der Waals surface area (Å²) in [7, 11) is 4.14. The van der Waals surface area contributed by atoms with Crippen LogP contribution in [-0.2, 0) is 0 Å². The minimum atomic E-state index is 1.17. The van der Waals surface area contributed by atoms with Gasteiger partial charge in [0.15, 0.2) is 0 Å². The van der Waals surface area contributed by atoms with Crippen LogP contribution in [0.4, 0.5) is 5.69 Å². The summed E-state index contributed by atoms with van der Waals surface area (Å²) in [6, 6.07) is 26.0. The maximum atomic E-state index is 3.81. The van der Waals surface area contributed by atoms with Crippen LogP contribution in [0.1, 0.15) is 0 Å². The lowest BCUT2D eigenvalue weighted by Crippen LogP contribution is -2.07. The molecule has 0 saturated heterocycles. The lowest BCUT2D eigenvalue weighted by molar-refractivity contribution is 1.13. The van der Waals surface area contributed by atoms with Crippen molar-refractivity contribution in [2.24, 2.45) is 0 Å². The van der Waals surface area contributed by atoms with Gasteiger partial charge in [-0.1, -0.05) is 60.7 Å². The summed E-state index contributed by atoms with van der Waals surface area (Å²) in [6.07, 6.45) is 0. The number of benzene rings is 4. The van der Waals surface area contributed by atoms with Gasteiger partial charge in [0.05, 0.1) is 0 Å². The summed E-state index contributed by atoms with van der Waals surface area (Å²) < 4.78 is 1.17. The number of halogens is 1. The number of hydrogen-bond acceptors (Lipinski definition) is 1. The molecule has 2 heteroatoms. The normalized spacial score (nSPS) is 11.1. The van der Waals surface area contributed by atoms with Gasteiger partial charge in [-0.25, -0.2) is 0 Å². The van der Waals surface area contributed by atoms with Crippen molar-refractivity contribution in [2.75, 3.05) is 19.0 Å². The Morgan fingerprint density at radius 1 is 0.625 bits per heavy atom. The van der Waals surface area contributed by atoms with Crippen LogP contribution in [0, 0.1) is 0 Å². The Hall–Kier alpha value is -2.32. The Balaban J connectivity index is 2.10. The number of nitrogens with zero attached hydrogens (tertiary/aromatic N) is 1. The standard InChI is InChI=1S/C22H18BrN/c1-24(2)16-13-11-15(12-14-16)21-17-7-3-5-9-19(17)22(23)20-10-6-4-8-18(20)21/h3-14H,1-2H3. The van der Waals surface area contributed by atoms with E-state index < -0.39 is 0 Å². The molecule has 0 aliphatic carbocycles. The highest BCUT2D eigenvalue weighted by molar-refractivity contribution is 9.10. The van der Waals surface area contributed by atoms with Gasteiger partial charge in [0.1, 0.15) is 0 Å². The molecule has 24 heavy (non-hydrogen) atoms. The molecule has 0 bridgehead atoms. The molecule has 0 heterocycles. The predicted octanol–water partition coefficient (Wildman–Crippen LogP) is 6.49. The first-order chi connectivity index (χ1) is 11.7. The Morgan fingerprint density at radius 2 is 1.08 bits per heavy atom. The second kappa shape index (κ2) is 5.95. The molecular weight excluding hydrogens is 358 g/mol. The van der Waals surface area contributed by atoms with E-state index in [1.807, 2.05) is 0 Å². The predicted molar refractivity (Wildman–Crippen MR) is 109 cm³/mol. The van der Waals surface area contributed by atoms with Crippen molar-refractivity contribution in [3.8, 4) is 11.1 Å². The van der Waals surface area contributed by atoms with Gasteiger partial charge in [-0.05, 0) is 60.7 Å². The van der Waals surface area contributed by atoms with Gasteiger partial charge in [0.2, 0.25) is 0 Å². The van der Waals surface area contributed by atoms with E-state index in [0.29, 0.717) is 0 Å². The summed E-state index contributed by atoms with van der Waals surface area (Å²) >= 11 is 3.81. The Morgan fingerprint density at radius 3 is 1.54 bits per heavy atom. The van der Waals surface area contributed by atoms with E-state index in [1.165, 1.54) is 42.8 Å². The van der Waals surface area contributed by atoms with Gasteiger partial charge in [-0.3, -0.25) is 0 Å². The van der Waals surface area contributed by atoms with Gasteiger partial charge in [-0.2, -0.15) is 0 Å². The van der Waals surface area contributed by atoms with Crippen LogP contribution in [-0.4, -0.2) is 14.1 Å². The first-order valence-electron chi connectivity index (χ1n) is 8.03. The van der Waals surface area contributed by atoms with Crippen LogP contribution < -0.4 is 4.90 Å². The summed E-state index contributed by atoms with van der Waals surface area (Å²) in [5.41, 5.74) is 3.76. The molecule has 0 fully saturated rings. The lowest BCUT2D eigenvalue weighted by atomic mass is 9.92. The molecule has 0 saturated carbocycles. The number of hydrogen-bond donors (Lipinski definition) is 0. The molecule has 0 aliphatic rings. The molecular formula is C22H18BrN. The molecule has 118 valence electrons. The van der Waals surface area contributed by atoms with Gasteiger partial charge >= 0.3 is 0 Å². The van der Waals surface area contributed by atoms with Gasteiger partial charge in [-0.15, -0.1) is 0 Å². The van der Waals surface area contributed by atoms with E-state index in [1.54, 1.807) is 0 Å². The molecule has 0 atom stereocenters. The van der Waals surface area contributed by atoms with Crippen LogP contribution in [0.15, 0.2) is 77.3 Å². The first-order valence-corrected chi connectivity index (χ1v) is 8.83. The van der Waals surface area contributed by atoms with Crippen molar-refractivity contribution < 1.29 is 0 Å². The van der Waals surface area contributed by atoms with Gasteiger partial charge in [0, 0.05) is 24.3 Å². The van der Waals surface area contributed by atoms with Crippen LogP contribution >= 0.6 is 15.9 Å². The first kappa shape index (κ1) is 15.2. The van der Waals surface area contributed by atoms with E-state index in [2.05, 4.69) is 108 Å². The highest BCUT2D eigenvalue weighted by atomic mass is 79.9. The SMILES string of the molecule is CN(C)c1ccc(-c2c3ccccc3c(Br)c3ccccc23)cc1. The van der Waals surface area contributed by atoms with Crippen molar-refractivity contribution in [1.82, 2.24) is 0 Å². The number of fused-ring (bicyclic) bond motifs is 2. The largest absolute Gasteiger partial charge is 0.378 e. The summed E-state index contributed by atoms with van der Waals surface area (Å²) in [5, 5.41) is 5.06. The van der Waals surface area contributed by atoms with Gasteiger partial charge < -0.3 is 4.90 Å². The quantitative estimate of drug-likeness (QED) is 0.362. The second-order valence-corrected chi connectivity index (χ2v) is 7.01. The highest BCUT2D eigenvalue weighted by Crippen LogP contribution is 2.41. The second-order valence-electron chi connectivity index (χ2n) is 6.22. The average molecular weight is 376 g/mol. The summed E-state index contributed by atoms with van der Waals surface area (Å²) in [6.45, 7) is 0. The molecule has 4 rings (SSSR count). The third-order valence-corrected chi connectivity index (χ3v) is 5.39. The van der Waals surface area contributed by atoms with Gasteiger partial charge in [0.25, 0.3) is 0 Å². The third-order valence-electron chi connectivity index (χ3n) is 4.54. The fourth-order valence-electron chi connectivity index (χ4n) is 3.31. The van der Waals surface area contributed by atoms with Crippen molar-refractivity contribution in [3.63, 3.8) is 0 Å². The summed E-state index contributed by atoms with van der Waals surface area (Å²) in [4.78, 5) is 2.13. The molecule has 0 spiro atoms. The Labute approximate surface area is 150 Å². The lowest BCUT2D eigenvalue weighted by Gasteiger charge is -2.16. The van der Waals surface area contributed by atoms with Crippen molar-refractivity contribution in [1.29, 1.82) is 0 Å². The van der Waals surface area contributed by atoms with E-state index >= 15 is 0 Å². The minimum Gasteiger partial charge on any atom is -0.378 e. The summed E-state index contributed by atoms with van der Waals surface area (Å²) in [5.74, 6) is 0. The Bertz CT molecular complexity index is 976. The molecule has 0 N–H and O–H groups in total. The van der Waals surface area contributed by atoms with Crippen molar-refractivity contribution in [2.45, 2.75) is 0 Å². The molecule has 4 aromatic carbocycles.